The SMILES string of the molecule is N#Cc1cccc(NC(=S)Nc2ccc3ncnc(Nc4cccc(C(F)(F)F)c4)c3c2)c1. The molecule has 0 unspecified atom stereocenters. The molecule has 3 aromatic carbocycles. The molecule has 1 heterocycles. The highest BCUT2D eigenvalue weighted by atomic mass is 32.1. The lowest BCUT2D eigenvalue weighted by Crippen LogP contribution is -2.19. The maximum absolute atomic E-state index is 13.0. The molecule has 4 rings (SSSR count). The van der Waals surface area contributed by atoms with Crippen molar-refractivity contribution in [1.29, 1.82) is 5.26 Å². The minimum absolute atomic E-state index is 0.248. The molecule has 0 saturated heterocycles. The van der Waals surface area contributed by atoms with Crippen LogP contribution >= 0.6 is 12.2 Å². The number of hydrogen-bond donors (Lipinski definition) is 3. The Hall–Kier alpha value is -4.23. The molecule has 0 aliphatic heterocycles. The molecule has 0 radical (unpaired) electrons. The largest absolute Gasteiger partial charge is 0.416 e. The van der Waals surface area contributed by atoms with E-state index < -0.39 is 11.7 Å². The number of fused-ring (bicyclic) bond motifs is 1. The van der Waals surface area contributed by atoms with Gasteiger partial charge in [-0.3, -0.25) is 0 Å². The molecule has 33 heavy (non-hydrogen) atoms. The Kier molecular flexibility index (Phi) is 6.06. The van der Waals surface area contributed by atoms with Gasteiger partial charge in [0, 0.05) is 22.4 Å². The van der Waals surface area contributed by atoms with Crippen molar-refractivity contribution in [3.63, 3.8) is 0 Å². The molecule has 6 nitrogen and oxygen atoms in total. The van der Waals surface area contributed by atoms with Crippen molar-refractivity contribution in [1.82, 2.24) is 9.97 Å². The summed E-state index contributed by atoms with van der Waals surface area (Å²) >= 11 is 5.35. The van der Waals surface area contributed by atoms with Crippen LogP contribution in [0.5, 0.6) is 0 Å². The van der Waals surface area contributed by atoms with E-state index in [1.54, 1.807) is 42.5 Å². The molecule has 0 amide bonds. The number of nitrogens with zero attached hydrogens (tertiary/aromatic N) is 3. The van der Waals surface area contributed by atoms with Crippen molar-refractivity contribution >= 4 is 51.1 Å². The lowest BCUT2D eigenvalue weighted by Gasteiger charge is -2.13. The van der Waals surface area contributed by atoms with Gasteiger partial charge >= 0.3 is 6.18 Å². The number of alkyl halides is 3. The van der Waals surface area contributed by atoms with Crippen molar-refractivity contribution < 1.29 is 13.2 Å². The molecule has 10 heteroatoms. The van der Waals surface area contributed by atoms with Crippen LogP contribution in [0.4, 0.5) is 36.1 Å². The van der Waals surface area contributed by atoms with Crippen molar-refractivity contribution in [3.05, 3.63) is 84.2 Å². The molecule has 0 fully saturated rings. The smallest absolute Gasteiger partial charge is 0.340 e. The first-order valence-electron chi connectivity index (χ1n) is 9.59. The predicted molar refractivity (Wildman–Crippen MR) is 125 cm³/mol. The Labute approximate surface area is 192 Å². The number of rotatable bonds is 4. The minimum atomic E-state index is -4.45. The Morgan fingerprint density at radius 2 is 1.61 bits per heavy atom. The molecule has 0 atom stereocenters. The van der Waals surface area contributed by atoms with Gasteiger partial charge in [0.05, 0.1) is 22.7 Å². The number of halogens is 3. The highest BCUT2D eigenvalue weighted by Crippen LogP contribution is 2.32. The number of nitriles is 1. The van der Waals surface area contributed by atoms with Crippen molar-refractivity contribution in [2.45, 2.75) is 6.18 Å². The summed E-state index contributed by atoms with van der Waals surface area (Å²) in [6.07, 6.45) is -3.11. The second kappa shape index (κ2) is 9.10. The van der Waals surface area contributed by atoms with Crippen LogP contribution < -0.4 is 16.0 Å². The molecular formula is C23H15F3N6S. The van der Waals surface area contributed by atoms with Gasteiger partial charge in [-0.25, -0.2) is 9.97 Å². The zero-order valence-electron chi connectivity index (χ0n) is 16.8. The maximum Gasteiger partial charge on any atom is 0.416 e. The Bertz CT molecular complexity index is 1380. The third-order valence-electron chi connectivity index (χ3n) is 4.60. The van der Waals surface area contributed by atoms with Gasteiger partial charge in [-0.2, -0.15) is 18.4 Å². The summed E-state index contributed by atoms with van der Waals surface area (Å²) < 4.78 is 39.1. The average molecular weight is 464 g/mol. The molecule has 3 N–H and O–H groups in total. The zero-order valence-corrected chi connectivity index (χ0v) is 17.6. The first-order chi connectivity index (χ1) is 15.8. The van der Waals surface area contributed by atoms with Gasteiger partial charge in [-0.1, -0.05) is 12.1 Å². The van der Waals surface area contributed by atoms with E-state index in [0.29, 0.717) is 38.8 Å². The third kappa shape index (κ3) is 5.34. The number of nitrogens with one attached hydrogen (secondary N) is 3. The Morgan fingerprint density at radius 1 is 0.879 bits per heavy atom. The quantitative estimate of drug-likeness (QED) is 0.316. The van der Waals surface area contributed by atoms with Crippen molar-refractivity contribution in [2.24, 2.45) is 0 Å². The van der Waals surface area contributed by atoms with Crippen molar-refractivity contribution in [2.75, 3.05) is 16.0 Å². The number of thiocarbonyl (C=S) groups is 1. The second-order valence-corrected chi connectivity index (χ2v) is 7.34. The van der Waals surface area contributed by atoms with Crippen LogP contribution in [0.15, 0.2) is 73.1 Å². The second-order valence-electron chi connectivity index (χ2n) is 6.93. The van der Waals surface area contributed by atoms with Crippen LogP contribution in [-0.2, 0) is 6.18 Å². The van der Waals surface area contributed by atoms with Gasteiger partial charge < -0.3 is 16.0 Å². The lowest BCUT2D eigenvalue weighted by molar-refractivity contribution is -0.137. The fourth-order valence-electron chi connectivity index (χ4n) is 3.10. The van der Waals surface area contributed by atoms with Gasteiger partial charge in [0.2, 0.25) is 0 Å². The Balaban J connectivity index is 1.57. The molecule has 0 saturated carbocycles. The molecule has 0 bridgehead atoms. The molecule has 0 aliphatic carbocycles. The van der Waals surface area contributed by atoms with E-state index in [4.69, 9.17) is 17.5 Å². The summed E-state index contributed by atoms with van der Waals surface area (Å²) in [5.74, 6) is 0.351. The van der Waals surface area contributed by atoms with E-state index >= 15 is 0 Å². The van der Waals surface area contributed by atoms with E-state index in [0.717, 1.165) is 12.1 Å². The first-order valence-corrected chi connectivity index (χ1v) is 10.00. The highest BCUT2D eigenvalue weighted by Gasteiger charge is 2.30. The van der Waals surface area contributed by atoms with Gasteiger partial charge in [-0.05, 0) is 66.8 Å². The third-order valence-corrected chi connectivity index (χ3v) is 4.80. The zero-order chi connectivity index (χ0) is 23.4. The molecule has 1 aromatic heterocycles. The molecule has 4 aromatic rings. The summed E-state index contributed by atoms with van der Waals surface area (Å²) in [5.41, 5.74) is 1.87. The topological polar surface area (TPSA) is 85.7 Å². The first kappa shape index (κ1) is 22.0. The van der Waals surface area contributed by atoms with Gasteiger partial charge in [0.25, 0.3) is 0 Å². The molecule has 0 aliphatic rings. The predicted octanol–water partition coefficient (Wildman–Crippen LogP) is 6.07. The number of hydrogen-bond acceptors (Lipinski definition) is 5. The van der Waals surface area contributed by atoms with Gasteiger partial charge in [0.15, 0.2) is 5.11 Å². The fraction of sp³-hybridized carbons (Fsp3) is 0.0435. The maximum atomic E-state index is 13.0. The number of aromatic nitrogens is 2. The number of anilines is 4. The van der Waals surface area contributed by atoms with Crippen LogP contribution in [0.25, 0.3) is 10.9 Å². The van der Waals surface area contributed by atoms with Crippen LogP contribution in [0, 0.1) is 11.3 Å². The van der Waals surface area contributed by atoms with E-state index in [2.05, 4.69) is 32.0 Å². The van der Waals surface area contributed by atoms with Crippen LogP contribution in [0.2, 0.25) is 0 Å². The van der Waals surface area contributed by atoms with E-state index in [1.165, 1.54) is 18.5 Å². The standard InChI is InChI=1S/C23H15F3N6S/c24-23(25,26)15-4-2-6-17(10-15)30-21-19-11-18(7-8-20(19)28-13-29-21)32-22(33)31-16-5-1-3-14(9-16)12-27/h1-11,13H,(H,28,29,30)(H2,31,32,33). The molecular weight excluding hydrogens is 449 g/mol. The van der Waals surface area contributed by atoms with Crippen molar-refractivity contribution in [3.8, 4) is 6.07 Å². The Morgan fingerprint density at radius 3 is 2.36 bits per heavy atom. The highest BCUT2D eigenvalue weighted by molar-refractivity contribution is 7.80. The molecule has 0 spiro atoms. The van der Waals surface area contributed by atoms with E-state index in [1.807, 2.05) is 0 Å². The van der Waals surface area contributed by atoms with E-state index in [9.17, 15) is 13.2 Å². The monoisotopic (exact) mass is 464 g/mol. The van der Waals surface area contributed by atoms with E-state index in [-0.39, 0.29) is 5.69 Å². The van der Waals surface area contributed by atoms with Crippen LogP contribution in [0.3, 0.4) is 0 Å². The molecule has 164 valence electrons. The van der Waals surface area contributed by atoms with Crippen LogP contribution in [-0.4, -0.2) is 15.1 Å². The van der Waals surface area contributed by atoms with Gasteiger partial charge in [-0.15, -0.1) is 0 Å². The summed E-state index contributed by atoms with van der Waals surface area (Å²) in [5, 5.41) is 18.9. The minimum Gasteiger partial charge on any atom is -0.340 e. The lowest BCUT2D eigenvalue weighted by atomic mass is 10.1. The normalized spacial score (nSPS) is 11.0. The summed E-state index contributed by atoms with van der Waals surface area (Å²) in [6, 6.07) is 19.1. The fourth-order valence-corrected chi connectivity index (χ4v) is 3.34. The average Bonchev–Trinajstić information content (AvgIpc) is 2.79. The summed E-state index contributed by atoms with van der Waals surface area (Å²) in [6.45, 7) is 0. The van der Waals surface area contributed by atoms with Crippen LogP contribution in [0.1, 0.15) is 11.1 Å². The summed E-state index contributed by atoms with van der Waals surface area (Å²) in [7, 11) is 0. The number of benzene rings is 3. The van der Waals surface area contributed by atoms with Gasteiger partial charge in [0.1, 0.15) is 12.1 Å². The summed E-state index contributed by atoms with van der Waals surface area (Å²) in [4.78, 5) is 8.40.